The van der Waals surface area contributed by atoms with Crippen LogP contribution in [0.15, 0.2) is 72.4 Å². The Balaban J connectivity index is 1.51. The predicted octanol–water partition coefficient (Wildman–Crippen LogP) is 5.37. The first-order valence-corrected chi connectivity index (χ1v) is 10.5. The topological polar surface area (TPSA) is 95.9 Å². The van der Waals surface area contributed by atoms with Crippen molar-refractivity contribution >= 4 is 52.9 Å². The summed E-state index contributed by atoms with van der Waals surface area (Å²) in [7, 11) is 0. The van der Waals surface area contributed by atoms with Crippen LogP contribution in [0.5, 0.6) is 5.75 Å². The van der Waals surface area contributed by atoms with Gasteiger partial charge in [-0.2, -0.15) is 0 Å². The lowest BCUT2D eigenvalue weighted by atomic mass is 10.1. The largest absolute Gasteiger partial charge is 0.486 e. The van der Waals surface area contributed by atoms with E-state index in [1.165, 1.54) is 18.2 Å². The zero-order chi connectivity index (χ0) is 23.5. The van der Waals surface area contributed by atoms with Gasteiger partial charge in [-0.15, -0.1) is 0 Å². The van der Waals surface area contributed by atoms with Gasteiger partial charge >= 0.3 is 12.0 Å². The summed E-state index contributed by atoms with van der Waals surface area (Å²) in [5.41, 5.74) is 1.95. The SMILES string of the molecule is O=C(O)c1ccc(COc2c(Cl)cc(/C=C3/NC(=O)N(c4ccccc4)C3=O)cc2Cl)cc1. The first-order valence-electron chi connectivity index (χ1n) is 9.70. The molecule has 0 unspecified atom stereocenters. The number of imide groups is 1. The molecule has 166 valence electrons. The van der Waals surface area contributed by atoms with Crippen LogP contribution in [0, 0.1) is 0 Å². The number of carboxylic acid groups (broad SMARTS) is 1. The number of urea groups is 1. The molecule has 1 saturated heterocycles. The van der Waals surface area contributed by atoms with Crippen molar-refractivity contribution in [3.63, 3.8) is 0 Å². The number of benzene rings is 3. The van der Waals surface area contributed by atoms with Gasteiger partial charge in [-0.1, -0.05) is 53.5 Å². The van der Waals surface area contributed by atoms with E-state index < -0.39 is 17.9 Å². The maximum absolute atomic E-state index is 12.7. The molecule has 3 aromatic carbocycles. The Hall–Kier alpha value is -3.81. The lowest BCUT2D eigenvalue weighted by Gasteiger charge is -2.12. The molecule has 0 spiro atoms. The second kappa shape index (κ2) is 9.36. The summed E-state index contributed by atoms with van der Waals surface area (Å²) < 4.78 is 5.72. The monoisotopic (exact) mass is 482 g/mol. The Morgan fingerprint density at radius 3 is 2.24 bits per heavy atom. The number of aromatic carboxylic acids is 1. The molecule has 1 fully saturated rings. The van der Waals surface area contributed by atoms with E-state index in [-0.39, 0.29) is 33.7 Å². The van der Waals surface area contributed by atoms with Crippen molar-refractivity contribution < 1.29 is 24.2 Å². The highest BCUT2D eigenvalue weighted by Crippen LogP contribution is 2.35. The van der Waals surface area contributed by atoms with E-state index in [9.17, 15) is 14.4 Å². The Kier molecular flexibility index (Phi) is 6.35. The lowest BCUT2D eigenvalue weighted by molar-refractivity contribution is -0.113. The molecule has 0 saturated carbocycles. The molecule has 7 nitrogen and oxygen atoms in total. The molecule has 3 aromatic rings. The van der Waals surface area contributed by atoms with E-state index in [0.29, 0.717) is 11.3 Å². The average Bonchev–Trinajstić information content (AvgIpc) is 3.06. The molecule has 0 atom stereocenters. The van der Waals surface area contributed by atoms with Crippen LogP contribution in [0.2, 0.25) is 10.0 Å². The quantitative estimate of drug-likeness (QED) is 0.363. The first-order chi connectivity index (χ1) is 15.8. The summed E-state index contributed by atoms with van der Waals surface area (Å²) in [6.07, 6.45) is 1.48. The van der Waals surface area contributed by atoms with E-state index in [2.05, 4.69) is 5.32 Å². The van der Waals surface area contributed by atoms with Gasteiger partial charge in [0.1, 0.15) is 12.3 Å². The van der Waals surface area contributed by atoms with Crippen molar-refractivity contribution in [2.24, 2.45) is 0 Å². The summed E-state index contributed by atoms with van der Waals surface area (Å²) in [5, 5.41) is 12.0. The van der Waals surface area contributed by atoms with Crippen LogP contribution in [-0.4, -0.2) is 23.0 Å². The molecule has 4 rings (SSSR count). The summed E-state index contributed by atoms with van der Waals surface area (Å²) >= 11 is 12.7. The standard InChI is InChI=1S/C24H16Cl2N2O5/c25-18-10-15(12-20-22(29)28(24(32)27-20)17-4-2-1-3-5-17)11-19(26)21(18)33-13-14-6-8-16(9-7-14)23(30)31/h1-12H,13H2,(H,27,32)(H,30,31)/b20-12+. The summed E-state index contributed by atoms with van der Waals surface area (Å²) in [6.45, 7) is 0.125. The molecular weight excluding hydrogens is 467 g/mol. The number of hydrogen-bond acceptors (Lipinski definition) is 4. The Morgan fingerprint density at radius 1 is 1.00 bits per heavy atom. The van der Waals surface area contributed by atoms with Crippen LogP contribution < -0.4 is 15.0 Å². The van der Waals surface area contributed by atoms with E-state index in [4.69, 9.17) is 33.0 Å². The molecule has 1 aliphatic rings. The van der Waals surface area contributed by atoms with Gasteiger partial charge in [-0.25, -0.2) is 14.5 Å². The van der Waals surface area contributed by atoms with Gasteiger partial charge in [-0.05, 0) is 53.6 Å². The summed E-state index contributed by atoms with van der Waals surface area (Å²) in [4.78, 5) is 37.0. The summed E-state index contributed by atoms with van der Waals surface area (Å²) in [6, 6.07) is 17.4. The predicted molar refractivity (Wildman–Crippen MR) is 125 cm³/mol. The highest BCUT2D eigenvalue weighted by atomic mass is 35.5. The molecule has 3 amide bonds. The van der Waals surface area contributed by atoms with Crippen LogP contribution in [0.3, 0.4) is 0 Å². The third-order valence-electron chi connectivity index (χ3n) is 4.81. The van der Waals surface area contributed by atoms with Gasteiger partial charge in [0, 0.05) is 0 Å². The van der Waals surface area contributed by atoms with Crippen LogP contribution >= 0.6 is 23.2 Å². The Morgan fingerprint density at radius 2 is 1.64 bits per heavy atom. The van der Waals surface area contributed by atoms with Crippen LogP contribution in [0.4, 0.5) is 10.5 Å². The molecule has 0 bridgehead atoms. The molecule has 0 aromatic heterocycles. The molecule has 1 aliphatic heterocycles. The molecule has 1 heterocycles. The minimum absolute atomic E-state index is 0.0863. The van der Waals surface area contributed by atoms with Crippen molar-refractivity contribution in [3.05, 3.63) is 99.2 Å². The zero-order valence-electron chi connectivity index (χ0n) is 16.9. The number of halogens is 2. The van der Waals surface area contributed by atoms with Gasteiger partial charge in [-0.3, -0.25) is 4.79 Å². The third-order valence-corrected chi connectivity index (χ3v) is 5.37. The Labute approximate surface area is 198 Å². The minimum atomic E-state index is -1.01. The van der Waals surface area contributed by atoms with Crippen LogP contribution in [0.1, 0.15) is 21.5 Å². The van der Waals surface area contributed by atoms with Crippen molar-refractivity contribution in [1.29, 1.82) is 0 Å². The van der Waals surface area contributed by atoms with Gasteiger partial charge in [0.05, 0.1) is 21.3 Å². The normalized spacial score (nSPS) is 14.5. The van der Waals surface area contributed by atoms with E-state index in [1.54, 1.807) is 54.6 Å². The Bertz CT molecular complexity index is 1250. The number of carbonyl (C=O) groups excluding carboxylic acids is 2. The number of nitrogens with zero attached hydrogens (tertiary/aromatic N) is 1. The fourth-order valence-corrected chi connectivity index (χ4v) is 3.83. The fraction of sp³-hybridized carbons (Fsp3) is 0.0417. The second-order valence-electron chi connectivity index (χ2n) is 7.07. The van der Waals surface area contributed by atoms with Crippen molar-refractivity contribution in [3.8, 4) is 5.75 Å². The van der Waals surface area contributed by atoms with Gasteiger partial charge in [0.2, 0.25) is 0 Å². The van der Waals surface area contributed by atoms with Crippen molar-refractivity contribution in [2.75, 3.05) is 4.90 Å². The molecule has 0 radical (unpaired) electrons. The molecule has 9 heteroatoms. The van der Waals surface area contributed by atoms with Gasteiger partial charge < -0.3 is 15.2 Å². The number of para-hydroxylation sites is 1. The number of anilines is 1. The number of rotatable bonds is 6. The highest BCUT2D eigenvalue weighted by molar-refractivity contribution is 6.37. The van der Waals surface area contributed by atoms with E-state index >= 15 is 0 Å². The third kappa shape index (κ3) is 4.84. The van der Waals surface area contributed by atoms with Crippen LogP contribution in [0.25, 0.3) is 6.08 Å². The van der Waals surface area contributed by atoms with E-state index in [1.807, 2.05) is 0 Å². The molecule has 2 N–H and O–H groups in total. The molecular formula is C24H16Cl2N2O5. The van der Waals surface area contributed by atoms with Crippen molar-refractivity contribution in [2.45, 2.75) is 6.61 Å². The minimum Gasteiger partial charge on any atom is -0.486 e. The maximum Gasteiger partial charge on any atom is 0.335 e. The highest BCUT2D eigenvalue weighted by Gasteiger charge is 2.34. The zero-order valence-corrected chi connectivity index (χ0v) is 18.4. The van der Waals surface area contributed by atoms with E-state index in [0.717, 1.165) is 10.5 Å². The number of hydrogen-bond donors (Lipinski definition) is 2. The summed E-state index contributed by atoms with van der Waals surface area (Å²) in [5.74, 6) is -1.26. The van der Waals surface area contributed by atoms with Crippen molar-refractivity contribution in [1.82, 2.24) is 5.32 Å². The number of nitrogens with one attached hydrogen (secondary N) is 1. The van der Waals surface area contributed by atoms with Crippen LogP contribution in [-0.2, 0) is 11.4 Å². The smallest absolute Gasteiger partial charge is 0.335 e. The van der Waals surface area contributed by atoms with Gasteiger partial charge in [0.25, 0.3) is 5.91 Å². The average molecular weight is 483 g/mol. The molecule has 33 heavy (non-hydrogen) atoms. The first kappa shape index (κ1) is 22.4. The number of ether oxygens (including phenoxy) is 1. The van der Waals surface area contributed by atoms with Gasteiger partial charge in [0.15, 0.2) is 5.75 Å². The fourth-order valence-electron chi connectivity index (χ4n) is 3.21. The number of amides is 3. The lowest BCUT2D eigenvalue weighted by Crippen LogP contribution is -2.30. The molecule has 0 aliphatic carbocycles. The maximum atomic E-state index is 12.7. The second-order valence-corrected chi connectivity index (χ2v) is 7.88. The number of carboxylic acids is 1. The number of carbonyl (C=O) groups is 3.